The van der Waals surface area contributed by atoms with E-state index in [1.165, 1.54) is 14.1 Å². The fraction of sp³-hybridized carbons (Fsp3) is 0.800. The zero-order valence-electron chi connectivity index (χ0n) is 10.7. The summed E-state index contributed by atoms with van der Waals surface area (Å²) in [5.74, 6) is 0. The standard InChI is InChI=1S/C10H20N2O4/c1-7(2)15-9(13)11(5)12(6)10(14)16-8(3)4/h7-8H,1-6H3. The lowest BCUT2D eigenvalue weighted by Gasteiger charge is -2.27. The van der Waals surface area contributed by atoms with Crippen LogP contribution >= 0.6 is 0 Å². The van der Waals surface area contributed by atoms with Crippen molar-refractivity contribution >= 4 is 12.2 Å². The van der Waals surface area contributed by atoms with E-state index in [-0.39, 0.29) is 12.2 Å². The van der Waals surface area contributed by atoms with Crippen LogP contribution in [0.5, 0.6) is 0 Å². The highest BCUT2D eigenvalue weighted by molar-refractivity contribution is 5.73. The summed E-state index contributed by atoms with van der Waals surface area (Å²) < 4.78 is 9.85. The van der Waals surface area contributed by atoms with Gasteiger partial charge in [0.15, 0.2) is 0 Å². The van der Waals surface area contributed by atoms with E-state index in [4.69, 9.17) is 9.47 Å². The Morgan fingerprint density at radius 1 is 0.812 bits per heavy atom. The third-order valence-corrected chi connectivity index (χ3v) is 1.65. The molecule has 0 saturated carbocycles. The Morgan fingerprint density at radius 2 is 1.06 bits per heavy atom. The molecule has 0 aromatic heterocycles. The second-order valence-corrected chi connectivity index (χ2v) is 3.91. The first kappa shape index (κ1) is 14.5. The van der Waals surface area contributed by atoms with E-state index in [1.807, 2.05) is 0 Å². The minimum absolute atomic E-state index is 0.232. The largest absolute Gasteiger partial charge is 0.445 e. The molecule has 0 aliphatic heterocycles. The van der Waals surface area contributed by atoms with Gasteiger partial charge in [0.2, 0.25) is 0 Å². The smallest absolute Gasteiger partial charge is 0.428 e. The van der Waals surface area contributed by atoms with E-state index in [2.05, 4.69) is 0 Å². The highest BCUT2D eigenvalue weighted by Crippen LogP contribution is 2.02. The highest BCUT2D eigenvalue weighted by Gasteiger charge is 2.22. The minimum Gasteiger partial charge on any atom is -0.445 e. The fourth-order valence-corrected chi connectivity index (χ4v) is 0.801. The van der Waals surface area contributed by atoms with Gasteiger partial charge in [-0.1, -0.05) is 0 Å². The number of hydrogen-bond acceptors (Lipinski definition) is 4. The second kappa shape index (κ2) is 6.19. The van der Waals surface area contributed by atoms with Crippen LogP contribution in [0.25, 0.3) is 0 Å². The first-order valence-electron chi connectivity index (χ1n) is 5.14. The molecule has 0 bridgehead atoms. The summed E-state index contributed by atoms with van der Waals surface area (Å²) in [6.45, 7) is 6.94. The minimum atomic E-state index is -0.599. The Kier molecular flexibility index (Phi) is 5.63. The summed E-state index contributed by atoms with van der Waals surface area (Å²) in [4.78, 5) is 22.9. The van der Waals surface area contributed by atoms with E-state index in [0.717, 1.165) is 10.0 Å². The lowest BCUT2D eigenvalue weighted by Crippen LogP contribution is -2.46. The Bertz CT molecular complexity index is 227. The van der Waals surface area contributed by atoms with Crippen molar-refractivity contribution in [3.63, 3.8) is 0 Å². The molecular formula is C10H20N2O4. The number of carbonyl (C=O) groups is 2. The number of ether oxygens (including phenoxy) is 2. The monoisotopic (exact) mass is 232 g/mol. The van der Waals surface area contributed by atoms with Crippen LogP contribution in [0.2, 0.25) is 0 Å². The van der Waals surface area contributed by atoms with Crippen molar-refractivity contribution in [2.45, 2.75) is 39.9 Å². The van der Waals surface area contributed by atoms with Crippen molar-refractivity contribution in [1.29, 1.82) is 0 Å². The maximum absolute atomic E-state index is 11.4. The van der Waals surface area contributed by atoms with Crippen LogP contribution in [0, 0.1) is 0 Å². The molecule has 6 nitrogen and oxygen atoms in total. The summed E-state index contributed by atoms with van der Waals surface area (Å²) in [5, 5.41) is 2.12. The van der Waals surface area contributed by atoms with Crippen LogP contribution in [0.3, 0.4) is 0 Å². The molecule has 0 saturated heterocycles. The van der Waals surface area contributed by atoms with Crippen molar-refractivity contribution in [1.82, 2.24) is 10.0 Å². The third kappa shape index (κ3) is 4.86. The Labute approximate surface area is 96.1 Å². The summed E-state index contributed by atoms with van der Waals surface area (Å²) >= 11 is 0. The molecule has 0 fully saturated rings. The van der Waals surface area contributed by atoms with Gasteiger partial charge in [-0.05, 0) is 27.7 Å². The lowest BCUT2D eigenvalue weighted by atomic mass is 10.5. The van der Waals surface area contributed by atoms with Crippen LogP contribution < -0.4 is 0 Å². The molecule has 2 amide bonds. The van der Waals surface area contributed by atoms with Gasteiger partial charge in [-0.25, -0.2) is 19.6 Å². The highest BCUT2D eigenvalue weighted by atomic mass is 16.6. The van der Waals surface area contributed by atoms with Crippen LogP contribution in [0.1, 0.15) is 27.7 Å². The molecule has 94 valence electrons. The van der Waals surface area contributed by atoms with Gasteiger partial charge in [0.25, 0.3) is 0 Å². The topological polar surface area (TPSA) is 59.1 Å². The van der Waals surface area contributed by atoms with Crippen molar-refractivity contribution in [3.8, 4) is 0 Å². The molecule has 0 unspecified atom stereocenters. The number of rotatable bonds is 2. The molecule has 0 aromatic rings. The van der Waals surface area contributed by atoms with Crippen LogP contribution in [0.15, 0.2) is 0 Å². The van der Waals surface area contributed by atoms with Gasteiger partial charge in [-0.3, -0.25) is 0 Å². The Hall–Kier alpha value is -1.46. The Balaban J connectivity index is 4.31. The first-order chi connectivity index (χ1) is 7.25. The lowest BCUT2D eigenvalue weighted by molar-refractivity contribution is -0.0101. The SMILES string of the molecule is CC(C)OC(=O)N(C)N(C)C(=O)OC(C)C. The van der Waals surface area contributed by atoms with E-state index in [9.17, 15) is 9.59 Å². The maximum atomic E-state index is 11.4. The van der Waals surface area contributed by atoms with E-state index < -0.39 is 12.2 Å². The van der Waals surface area contributed by atoms with Crippen molar-refractivity contribution in [3.05, 3.63) is 0 Å². The number of hydrogen-bond donors (Lipinski definition) is 0. The van der Waals surface area contributed by atoms with Gasteiger partial charge in [0.05, 0.1) is 12.2 Å². The van der Waals surface area contributed by atoms with Gasteiger partial charge < -0.3 is 9.47 Å². The zero-order valence-corrected chi connectivity index (χ0v) is 10.7. The molecular weight excluding hydrogens is 212 g/mol. The molecule has 0 N–H and O–H groups in total. The summed E-state index contributed by atoms with van der Waals surface area (Å²) in [7, 11) is 2.87. The van der Waals surface area contributed by atoms with Gasteiger partial charge in [-0.15, -0.1) is 0 Å². The average molecular weight is 232 g/mol. The first-order valence-corrected chi connectivity index (χ1v) is 5.14. The number of amides is 2. The molecule has 0 aromatic carbocycles. The average Bonchev–Trinajstić information content (AvgIpc) is 2.13. The van der Waals surface area contributed by atoms with Crippen molar-refractivity contribution in [2.75, 3.05) is 14.1 Å². The molecule has 0 heterocycles. The predicted octanol–water partition coefficient (Wildman–Crippen LogP) is 1.85. The van der Waals surface area contributed by atoms with Gasteiger partial charge >= 0.3 is 12.2 Å². The molecule has 0 atom stereocenters. The van der Waals surface area contributed by atoms with Crippen LogP contribution in [-0.4, -0.2) is 48.5 Å². The summed E-state index contributed by atoms with van der Waals surface area (Å²) in [5.41, 5.74) is 0. The number of hydrazine groups is 1. The molecule has 16 heavy (non-hydrogen) atoms. The van der Waals surface area contributed by atoms with Crippen LogP contribution in [0.4, 0.5) is 9.59 Å². The molecule has 0 rings (SSSR count). The Morgan fingerprint density at radius 3 is 1.25 bits per heavy atom. The van der Waals surface area contributed by atoms with Gasteiger partial charge in [0, 0.05) is 14.1 Å². The molecule has 0 aliphatic carbocycles. The molecule has 0 aliphatic rings. The van der Waals surface area contributed by atoms with Crippen LogP contribution in [-0.2, 0) is 9.47 Å². The van der Waals surface area contributed by atoms with E-state index in [0.29, 0.717) is 0 Å². The van der Waals surface area contributed by atoms with E-state index >= 15 is 0 Å². The second-order valence-electron chi connectivity index (χ2n) is 3.91. The maximum Gasteiger partial charge on any atom is 0.428 e. The molecule has 0 radical (unpaired) electrons. The molecule has 6 heteroatoms. The fourth-order valence-electron chi connectivity index (χ4n) is 0.801. The predicted molar refractivity (Wildman–Crippen MR) is 58.8 cm³/mol. The normalized spacial score (nSPS) is 10.2. The van der Waals surface area contributed by atoms with Gasteiger partial charge in [-0.2, -0.15) is 0 Å². The zero-order chi connectivity index (χ0) is 12.9. The van der Waals surface area contributed by atoms with Crippen molar-refractivity contribution < 1.29 is 19.1 Å². The third-order valence-electron chi connectivity index (χ3n) is 1.65. The van der Waals surface area contributed by atoms with Crippen molar-refractivity contribution in [2.24, 2.45) is 0 Å². The van der Waals surface area contributed by atoms with Gasteiger partial charge in [0.1, 0.15) is 0 Å². The quantitative estimate of drug-likeness (QED) is 0.682. The number of nitrogens with zero attached hydrogens (tertiary/aromatic N) is 2. The molecule has 0 spiro atoms. The van der Waals surface area contributed by atoms with E-state index in [1.54, 1.807) is 27.7 Å². The summed E-state index contributed by atoms with van der Waals surface area (Å²) in [6, 6.07) is 0. The summed E-state index contributed by atoms with van der Waals surface area (Å²) in [6.07, 6.45) is -1.66. The number of carbonyl (C=O) groups excluding carboxylic acids is 2.